The van der Waals surface area contributed by atoms with Gasteiger partial charge in [-0.2, -0.15) is 5.10 Å². The number of rotatable bonds is 10. The number of nitrogens with one attached hydrogen (secondary N) is 2. The molecule has 0 aliphatic carbocycles. The lowest BCUT2D eigenvalue weighted by Gasteiger charge is -2.20. The number of amides is 2. The smallest absolute Gasteiger partial charge is 0.262 e. The zero-order valence-corrected chi connectivity index (χ0v) is 19.5. The van der Waals surface area contributed by atoms with Crippen LogP contribution in [0.4, 0.5) is 0 Å². The minimum Gasteiger partial charge on any atom is -0.497 e. The minimum atomic E-state index is -0.753. The van der Waals surface area contributed by atoms with Gasteiger partial charge in [0.1, 0.15) is 24.1 Å². The highest BCUT2D eigenvalue weighted by molar-refractivity contribution is 5.97. The average Bonchev–Trinajstić information content (AvgIpc) is 2.87. The van der Waals surface area contributed by atoms with Crippen LogP contribution >= 0.6 is 0 Å². The van der Waals surface area contributed by atoms with Gasteiger partial charge in [0.15, 0.2) is 0 Å². The molecule has 0 spiro atoms. The van der Waals surface area contributed by atoms with Gasteiger partial charge in [-0.05, 0) is 47.9 Å². The van der Waals surface area contributed by atoms with Crippen LogP contribution in [0.3, 0.4) is 0 Å². The Kier molecular flexibility index (Phi) is 8.80. The van der Waals surface area contributed by atoms with Crippen molar-refractivity contribution in [1.82, 2.24) is 10.7 Å². The largest absolute Gasteiger partial charge is 0.497 e. The Hall–Kier alpha value is -4.13. The van der Waals surface area contributed by atoms with Crippen molar-refractivity contribution in [3.05, 3.63) is 95.6 Å². The van der Waals surface area contributed by atoms with E-state index in [2.05, 4.69) is 15.8 Å². The number of carbonyl (C=O) groups excluding carboxylic acids is 2. The fourth-order valence-corrected chi connectivity index (χ4v) is 3.19. The van der Waals surface area contributed by atoms with E-state index in [1.54, 1.807) is 31.4 Å². The van der Waals surface area contributed by atoms with Crippen LogP contribution in [-0.4, -0.2) is 31.2 Å². The third-order valence-electron chi connectivity index (χ3n) is 5.12. The van der Waals surface area contributed by atoms with Crippen molar-refractivity contribution in [3.63, 3.8) is 0 Å². The molecule has 2 N–H and O–H groups in total. The number of para-hydroxylation sites is 1. The summed E-state index contributed by atoms with van der Waals surface area (Å²) in [6, 6.07) is 23.2. The molecule has 1 atom stereocenters. The molecule has 0 heterocycles. The number of ether oxygens (including phenoxy) is 2. The van der Waals surface area contributed by atoms with Crippen molar-refractivity contribution < 1.29 is 19.1 Å². The quantitative estimate of drug-likeness (QED) is 0.352. The number of hydrazone groups is 1. The van der Waals surface area contributed by atoms with Crippen molar-refractivity contribution in [3.8, 4) is 11.5 Å². The Morgan fingerprint density at radius 2 is 1.62 bits per heavy atom. The summed E-state index contributed by atoms with van der Waals surface area (Å²) in [5, 5.41) is 6.87. The fraction of sp³-hybridized carbons (Fsp3) is 0.222. The molecule has 2 amide bonds. The van der Waals surface area contributed by atoms with E-state index in [1.165, 1.54) is 6.21 Å². The van der Waals surface area contributed by atoms with Crippen LogP contribution < -0.4 is 20.2 Å². The van der Waals surface area contributed by atoms with Crippen molar-refractivity contribution >= 4 is 18.0 Å². The summed E-state index contributed by atoms with van der Waals surface area (Å²) in [6.07, 6.45) is 1.53. The molecule has 7 heteroatoms. The summed E-state index contributed by atoms with van der Waals surface area (Å²) >= 11 is 0. The molecule has 3 aromatic rings. The van der Waals surface area contributed by atoms with Gasteiger partial charge in [0.05, 0.1) is 13.3 Å². The molecule has 0 aliphatic rings. The van der Waals surface area contributed by atoms with Crippen LogP contribution in [0.25, 0.3) is 0 Å². The summed E-state index contributed by atoms with van der Waals surface area (Å²) in [5.41, 5.74) is 4.74. The number of hydrogen-bond acceptors (Lipinski definition) is 5. The lowest BCUT2D eigenvalue weighted by atomic mass is 10.0. The first kappa shape index (κ1) is 24.5. The van der Waals surface area contributed by atoms with Gasteiger partial charge in [0, 0.05) is 11.1 Å². The van der Waals surface area contributed by atoms with Gasteiger partial charge in [-0.15, -0.1) is 0 Å². The van der Waals surface area contributed by atoms with Crippen molar-refractivity contribution in [2.75, 3.05) is 7.11 Å². The summed E-state index contributed by atoms with van der Waals surface area (Å²) in [7, 11) is 1.56. The van der Waals surface area contributed by atoms with Crippen LogP contribution in [0.1, 0.15) is 35.3 Å². The molecule has 34 heavy (non-hydrogen) atoms. The molecule has 0 fully saturated rings. The molecule has 176 valence electrons. The number of hydrogen-bond donors (Lipinski definition) is 2. The topological polar surface area (TPSA) is 89.0 Å². The van der Waals surface area contributed by atoms with Crippen molar-refractivity contribution in [1.29, 1.82) is 0 Å². The van der Waals surface area contributed by atoms with Crippen molar-refractivity contribution in [2.24, 2.45) is 11.0 Å². The van der Waals surface area contributed by atoms with Gasteiger partial charge in [0.25, 0.3) is 11.8 Å². The SMILES string of the molecule is COc1ccc(C(=O)NC(C(=O)NN=Cc2ccccc2OCc2ccccc2)C(C)C)cc1. The standard InChI is InChI=1S/C27H29N3O4/c1-19(2)25(29-26(31)21-13-15-23(33-3)16-14-21)27(32)30-28-17-22-11-7-8-12-24(22)34-18-20-9-5-4-6-10-20/h4-17,19,25H,18H2,1-3H3,(H,29,31)(H,30,32). The van der Waals surface area contributed by atoms with Gasteiger partial charge >= 0.3 is 0 Å². The predicted octanol–water partition coefficient (Wildman–Crippen LogP) is 4.18. The summed E-state index contributed by atoms with van der Waals surface area (Å²) < 4.78 is 11.0. The molecule has 0 aliphatic heterocycles. The first-order valence-electron chi connectivity index (χ1n) is 11.0. The molecule has 3 rings (SSSR count). The first-order chi connectivity index (χ1) is 16.5. The van der Waals surface area contributed by atoms with E-state index >= 15 is 0 Å². The number of nitrogens with zero attached hydrogens (tertiary/aromatic N) is 1. The van der Waals surface area contributed by atoms with E-state index in [9.17, 15) is 9.59 Å². The maximum absolute atomic E-state index is 12.7. The van der Waals surface area contributed by atoms with Gasteiger partial charge in [-0.1, -0.05) is 56.3 Å². The summed E-state index contributed by atoms with van der Waals surface area (Å²) in [6.45, 7) is 4.13. The molecule has 0 saturated heterocycles. The second-order valence-corrected chi connectivity index (χ2v) is 7.97. The lowest BCUT2D eigenvalue weighted by Crippen LogP contribution is -2.48. The maximum atomic E-state index is 12.7. The normalized spacial score (nSPS) is 11.8. The Bertz CT molecular complexity index is 1110. The van der Waals surface area contributed by atoms with E-state index < -0.39 is 11.9 Å². The number of benzene rings is 3. The maximum Gasteiger partial charge on any atom is 0.262 e. The van der Waals surface area contributed by atoms with Crippen LogP contribution in [-0.2, 0) is 11.4 Å². The number of methoxy groups -OCH3 is 1. The van der Waals surface area contributed by atoms with Crippen LogP contribution in [0.15, 0.2) is 84.0 Å². The Labute approximate surface area is 199 Å². The number of carbonyl (C=O) groups is 2. The molecule has 3 aromatic carbocycles. The Morgan fingerprint density at radius 3 is 2.29 bits per heavy atom. The molecular weight excluding hydrogens is 430 g/mol. The lowest BCUT2D eigenvalue weighted by molar-refractivity contribution is -0.123. The van der Waals surface area contributed by atoms with Gasteiger partial charge in [-0.25, -0.2) is 5.43 Å². The first-order valence-corrected chi connectivity index (χ1v) is 11.0. The van der Waals surface area contributed by atoms with E-state index in [4.69, 9.17) is 9.47 Å². The third-order valence-corrected chi connectivity index (χ3v) is 5.12. The van der Waals surface area contributed by atoms with E-state index in [0.29, 0.717) is 23.7 Å². The second-order valence-electron chi connectivity index (χ2n) is 7.97. The molecule has 0 aromatic heterocycles. The zero-order valence-electron chi connectivity index (χ0n) is 19.5. The highest BCUT2D eigenvalue weighted by atomic mass is 16.5. The average molecular weight is 460 g/mol. The van der Waals surface area contributed by atoms with Crippen molar-refractivity contribution in [2.45, 2.75) is 26.5 Å². The summed E-state index contributed by atoms with van der Waals surface area (Å²) in [4.78, 5) is 25.4. The Balaban J connectivity index is 1.61. The van der Waals surface area contributed by atoms with Gasteiger partial charge in [0.2, 0.25) is 0 Å². The highest BCUT2D eigenvalue weighted by Crippen LogP contribution is 2.18. The van der Waals surface area contributed by atoms with Crippen LogP contribution in [0.2, 0.25) is 0 Å². The second kappa shape index (κ2) is 12.2. The van der Waals surface area contributed by atoms with E-state index in [0.717, 1.165) is 11.1 Å². The molecule has 7 nitrogen and oxygen atoms in total. The molecule has 0 bridgehead atoms. The predicted molar refractivity (Wildman–Crippen MR) is 132 cm³/mol. The zero-order chi connectivity index (χ0) is 24.3. The van der Waals surface area contributed by atoms with E-state index in [1.807, 2.05) is 68.4 Å². The molecule has 1 unspecified atom stereocenters. The monoisotopic (exact) mass is 459 g/mol. The van der Waals surface area contributed by atoms with E-state index in [-0.39, 0.29) is 11.8 Å². The Morgan fingerprint density at radius 1 is 0.941 bits per heavy atom. The minimum absolute atomic E-state index is 0.140. The van der Waals surface area contributed by atoms with Crippen LogP contribution in [0.5, 0.6) is 11.5 Å². The van der Waals surface area contributed by atoms with Gasteiger partial charge < -0.3 is 14.8 Å². The fourth-order valence-electron chi connectivity index (χ4n) is 3.19. The highest BCUT2D eigenvalue weighted by Gasteiger charge is 2.24. The molecule has 0 saturated carbocycles. The third kappa shape index (κ3) is 6.93. The van der Waals surface area contributed by atoms with Crippen LogP contribution in [0, 0.1) is 5.92 Å². The molecular formula is C27H29N3O4. The van der Waals surface area contributed by atoms with Gasteiger partial charge in [-0.3, -0.25) is 9.59 Å². The molecule has 0 radical (unpaired) electrons. The summed E-state index contributed by atoms with van der Waals surface area (Å²) in [5.74, 6) is 0.407.